The van der Waals surface area contributed by atoms with Crippen molar-refractivity contribution in [1.82, 2.24) is 32.2 Å². The summed E-state index contributed by atoms with van der Waals surface area (Å²) in [5.74, 6) is 0.789. The first-order valence-electron chi connectivity index (χ1n) is 36.5. The summed E-state index contributed by atoms with van der Waals surface area (Å²) in [6, 6.07) is 109. The number of rotatable bonds is 6. The normalized spacial score (nSPS) is 9.55. The van der Waals surface area contributed by atoms with E-state index in [1.165, 1.54) is 0 Å². The van der Waals surface area contributed by atoms with Gasteiger partial charge in [-0.2, -0.15) is 98.8 Å². The molecule has 0 aliphatic carbocycles. The third-order valence-corrected chi connectivity index (χ3v) is 12.8. The quantitative estimate of drug-likeness (QED) is 0.0953. The maximum Gasteiger partial charge on any atom is 0.454 e. The van der Waals surface area contributed by atoms with Gasteiger partial charge in [-0.25, -0.2) is 0 Å². The molecule has 14 heteroatoms. The second kappa shape index (κ2) is 87.5. The van der Waals surface area contributed by atoms with E-state index in [9.17, 15) is 0 Å². The number of benzene rings is 8. The van der Waals surface area contributed by atoms with Crippen LogP contribution in [0.5, 0.6) is 0 Å². The smallest absolute Gasteiger partial charge is 0.403 e. The molecule has 1 saturated heterocycles. The molecule has 1 fully saturated rings. The van der Waals surface area contributed by atoms with Gasteiger partial charge in [-0.05, 0) is 95.9 Å². The fourth-order valence-electron chi connectivity index (χ4n) is 7.69. The number of aromatic nitrogens is 4. The molecule has 12 aromatic rings. The summed E-state index contributed by atoms with van der Waals surface area (Å²) in [5.41, 5.74) is 6.06. The van der Waals surface area contributed by atoms with Crippen LogP contribution in [0.25, 0.3) is 21.5 Å². The Morgan fingerprint density at radius 2 is 0.602 bits per heavy atom. The van der Waals surface area contributed by atoms with Crippen molar-refractivity contribution < 1.29 is 74.7 Å². The van der Waals surface area contributed by atoms with E-state index in [-0.39, 0.29) is 128 Å². The first-order chi connectivity index (χ1) is 49.9. The van der Waals surface area contributed by atoms with E-state index in [2.05, 4.69) is 134 Å². The van der Waals surface area contributed by atoms with Gasteiger partial charge < -0.3 is 41.5 Å². The third-order valence-electron chi connectivity index (χ3n) is 12.6. The van der Waals surface area contributed by atoms with Crippen LogP contribution in [-0.2, 0) is 100 Å². The molecular weight excluding hydrogens is 1530 g/mol. The van der Waals surface area contributed by atoms with E-state index in [1.807, 2.05) is 368 Å². The van der Waals surface area contributed by atoms with Crippen LogP contribution < -0.4 is 12.3 Å². The van der Waals surface area contributed by atoms with Crippen LogP contribution in [0.15, 0.2) is 243 Å². The van der Waals surface area contributed by atoms with Gasteiger partial charge in [0.25, 0.3) is 0 Å². The van der Waals surface area contributed by atoms with Crippen molar-refractivity contribution in [2.75, 3.05) is 0 Å². The van der Waals surface area contributed by atoms with E-state index in [0.717, 1.165) is 86.7 Å². The minimum absolute atomic E-state index is 0. The molecule has 10 aromatic carbocycles. The second-order valence-electron chi connectivity index (χ2n) is 19.7. The predicted octanol–water partition coefficient (Wildman–Crippen LogP) is 26.7. The predicted molar refractivity (Wildman–Crippen MR) is 474 cm³/mol. The summed E-state index contributed by atoms with van der Waals surface area (Å²) < 4.78 is 11.1. The standard InChI is InChI=1S/C14H14N2.C13H11ClN2.2C10H4.C7H15BO2.4C6H6.8C2H6.2H3N.2H2S.2Y/c1-3-14-13(10-15-11(2)16-14)9-12-7-5-4-6-8-12;1-2-12-11(9-15-13(14)16-12)8-10-6-4-3-5-7-10;2*1-2-6-10-8-4-3-7-9(10)5-1;1-6(2)7(3,4)10-8(5)9-6;4*1-2-4-6-5-3-1;8*1-2;;;;;;/h4-7H,3,9H2,1-2H3;3-6H,2,8H2,1H3;2*1-2,5-6H;1-5H3;4*1-6H;8*1-2H3;2*1H3;2*1H2;;/q2*-2;;;;;;;;;;;;;;;;;;;;;. The molecule has 6 N–H and O–H groups in total. The van der Waals surface area contributed by atoms with Crippen LogP contribution in [0, 0.1) is 80.0 Å². The molecule has 0 atom stereocenters. The molecule has 580 valence electrons. The zero-order valence-corrected chi connectivity index (χ0v) is 78.5. The zero-order chi connectivity index (χ0) is 77.3. The third kappa shape index (κ3) is 60.1. The Hall–Kier alpha value is -6.74. The van der Waals surface area contributed by atoms with Crippen LogP contribution in [0.1, 0.15) is 192 Å². The molecule has 0 saturated carbocycles. The van der Waals surface area contributed by atoms with Crippen LogP contribution in [-0.4, -0.2) is 38.3 Å². The van der Waals surface area contributed by atoms with Gasteiger partial charge in [-0.1, -0.05) is 362 Å². The van der Waals surface area contributed by atoms with Crippen molar-refractivity contribution in [2.45, 2.75) is 203 Å². The molecule has 2 radical (unpaired) electrons. The molecule has 13 rings (SSSR count). The minimum atomic E-state index is -0.160. The Bertz CT molecular complexity index is 3120. The van der Waals surface area contributed by atoms with Gasteiger partial charge in [0, 0.05) is 92.8 Å². The molecule has 0 bridgehead atoms. The van der Waals surface area contributed by atoms with Crippen molar-refractivity contribution in [3.05, 3.63) is 360 Å². The summed E-state index contributed by atoms with van der Waals surface area (Å²) in [6.45, 7) is 48.2. The van der Waals surface area contributed by atoms with Crippen molar-refractivity contribution in [1.29, 1.82) is 0 Å². The maximum atomic E-state index is 5.74. The van der Waals surface area contributed by atoms with Crippen molar-refractivity contribution >= 4 is 67.3 Å². The summed E-state index contributed by atoms with van der Waals surface area (Å²) in [4.78, 5) is 16.7. The Labute approximate surface area is 730 Å². The van der Waals surface area contributed by atoms with E-state index in [1.54, 1.807) is 0 Å². The average molecular weight is 1660 g/mol. The second-order valence-corrected chi connectivity index (χ2v) is 20.0. The van der Waals surface area contributed by atoms with Gasteiger partial charge in [0.15, 0.2) is 0 Å². The number of aryl methyl sites for hydroxylation is 3. The van der Waals surface area contributed by atoms with Crippen molar-refractivity contribution in [3.63, 3.8) is 0 Å². The Balaban J connectivity index is -0.000000123. The van der Waals surface area contributed by atoms with E-state index in [4.69, 9.17) is 20.9 Å². The molecule has 0 unspecified atom stereocenters. The van der Waals surface area contributed by atoms with E-state index >= 15 is 0 Å². The number of halogens is 1. The summed E-state index contributed by atoms with van der Waals surface area (Å²) in [6.07, 6.45) is 9.33. The molecule has 1 aliphatic heterocycles. The van der Waals surface area contributed by atoms with Gasteiger partial charge in [0.05, 0.1) is 11.2 Å². The zero-order valence-electron chi connectivity index (χ0n) is 70.1. The molecular formula is C94H130BClN6O2S2Y2-4. The van der Waals surface area contributed by atoms with Gasteiger partial charge in [0.1, 0.15) is 5.28 Å². The fraction of sp³-hybridized carbons (Fsp3) is 0.319. The first kappa shape index (κ1) is 122. The van der Waals surface area contributed by atoms with Crippen LogP contribution in [0.2, 0.25) is 12.1 Å². The minimum Gasteiger partial charge on any atom is -0.403 e. The first-order valence-corrected chi connectivity index (χ1v) is 36.9. The van der Waals surface area contributed by atoms with Gasteiger partial charge in [-0.3, -0.25) is 0 Å². The molecule has 108 heavy (non-hydrogen) atoms. The number of fused-ring (bicyclic) bond motifs is 2. The Kier molecular flexibility index (Phi) is 99.0. The molecule has 0 spiro atoms. The summed E-state index contributed by atoms with van der Waals surface area (Å²) in [7, 11) is -0.0648. The average Bonchev–Trinajstić information content (AvgIpc) is 1.65. The number of hydrogen-bond acceptors (Lipinski definition) is 8. The molecule has 1 aliphatic rings. The summed E-state index contributed by atoms with van der Waals surface area (Å²) in [5, 5.41) is 4.43. The largest absolute Gasteiger partial charge is 0.454 e. The Morgan fingerprint density at radius 3 is 0.815 bits per heavy atom. The summed E-state index contributed by atoms with van der Waals surface area (Å²) >= 11 is 5.74. The van der Waals surface area contributed by atoms with Crippen molar-refractivity contribution in [3.8, 4) is 0 Å². The van der Waals surface area contributed by atoms with Gasteiger partial charge in [0.2, 0.25) is 0 Å². The number of hydrogen-bond donors (Lipinski definition) is 2. The van der Waals surface area contributed by atoms with Crippen molar-refractivity contribution in [2.24, 2.45) is 0 Å². The van der Waals surface area contributed by atoms with E-state index in [0.29, 0.717) is 0 Å². The SMILES string of the molecule is CB1OC(C)(C)C(C)(C)O1.CC.CC.CC.CC.CC.CC.CC.CC.CCc1nc(C)n[c-]c1Cc1[c-]cccc1.CCc1nc(Cl)n[c-]c1Cc1[c-]cccc1.N.N.S.S.[Y].[Y].c1c#cc2ccccc2c#1.c1c#cc2ccccc2c#1.c1ccccc1.c1ccccc1.c1ccccc1.c1ccccc1. The molecule has 8 nitrogen and oxygen atoms in total. The molecule has 3 heterocycles. The topological polar surface area (TPSA) is 140 Å². The van der Waals surface area contributed by atoms with Gasteiger partial charge in [-0.15, -0.1) is 22.7 Å². The van der Waals surface area contributed by atoms with Crippen LogP contribution in [0.4, 0.5) is 0 Å². The van der Waals surface area contributed by atoms with E-state index < -0.39 is 0 Å². The van der Waals surface area contributed by atoms with Crippen LogP contribution >= 0.6 is 38.6 Å². The monoisotopic (exact) mass is 1660 g/mol. The Morgan fingerprint density at radius 1 is 0.370 bits per heavy atom. The maximum absolute atomic E-state index is 5.74. The van der Waals surface area contributed by atoms with Gasteiger partial charge >= 0.3 is 7.12 Å². The fourth-order valence-corrected chi connectivity index (χ4v) is 7.83. The molecule has 2 aromatic heterocycles. The number of nitrogens with zero attached hydrogens (tertiary/aromatic N) is 4. The van der Waals surface area contributed by atoms with Crippen LogP contribution in [0.3, 0.4) is 0 Å². The molecule has 0 amide bonds.